The van der Waals surface area contributed by atoms with Crippen molar-refractivity contribution >= 4 is 5.91 Å². The second-order valence-electron chi connectivity index (χ2n) is 5.93. The van der Waals surface area contributed by atoms with Crippen molar-refractivity contribution < 1.29 is 13.9 Å². The van der Waals surface area contributed by atoms with Crippen LogP contribution in [0.25, 0.3) is 5.69 Å². The molecule has 2 aromatic carbocycles. The molecule has 1 aromatic heterocycles. The molecule has 1 saturated heterocycles. The van der Waals surface area contributed by atoms with E-state index < -0.39 is 0 Å². The molecule has 0 bridgehead atoms. The van der Waals surface area contributed by atoms with Gasteiger partial charge < -0.3 is 9.64 Å². The number of hydrogen-bond acceptors (Lipinski definition) is 5. The standard InChI is InChI=1S/C18H16FN5O2/c19-14-7-5-13(6-8-14)17-11-23(9-10-26-17)18(25)15-3-1-2-4-16(15)24-12-20-21-22-24/h1-8,12,17H,9-11H2. The van der Waals surface area contributed by atoms with Crippen molar-refractivity contribution in [2.75, 3.05) is 19.7 Å². The van der Waals surface area contributed by atoms with Crippen molar-refractivity contribution in [2.45, 2.75) is 6.10 Å². The lowest BCUT2D eigenvalue weighted by Crippen LogP contribution is -2.42. The summed E-state index contributed by atoms with van der Waals surface area (Å²) in [6.45, 7) is 1.30. The second kappa shape index (κ2) is 7.01. The van der Waals surface area contributed by atoms with Gasteiger partial charge in [-0.25, -0.2) is 4.39 Å². The minimum Gasteiger partial charge on any atom is -0.370 e. The van der Waals surface area contributed by atoms with E-state index in [0.29, 0.717) is 30.9 Å². The molecular formula is C18H16FN5O2. The highest BCUT2D eigenvalue weighted by molar-refractivity contribution is 5.97. The van der Waals surface area contributed by atoms with Crippen LogP contribution in [0.4, 0.5) is 4.39 Å². The van der Waals surface area contributed by atoms with E-state index in [0.717, 1.165) is 5.56 Å². The molecule has 1 atom stereocenters. The lowest BCUT2D eigenvalue weighted by molar-refractivity contribution is -0.0228. The lowest BCUT2D eigenvalue weighted by atomic mass is 10.1. The second-order valence-corrected chi connectivity index (χ2v) is 5.93. The molecule has 1 aliphatic heterocycles. The van der Waals surface area contributed by atoms with Gasteiger partial charge in [-0.05, 0) is 40.3 Å². The molecule has 2 heterocycles. The fourth-order valence-electron chi connectivity index (χ4n) is 3.01. The smallest absolute Gasteiger partial charge is 0.256 e. The van der Waals surface area contributed by atoms with E-state index in [4.69, 9.17) is 4.74 Å². The molecule has 26 heavy (non-hydrogen) atoms. The third kappa shape index (κ3) is 3.18. The molecule has 0 radical (unpaired) electrons. The number of halogens is 1. The molecule has 7 nitrogen and oxygen atoms in total. The summed E-state index contributed by atoms with van der Waals surface area (Å²) in [6, 6.07) is 13.3. The molecular weight excluding hydrogens is 337 g/mol. The summed E-state index contributed by atoms with van der Waals surface area (Å²) in [5.74, 6) is -0.417. The zero-order valence-corrected chi connectivity index (χ0v) is 13.8. The largest absolute Gasteiger partial charge is 0.370 e. The van der Waals surface area contributed by atoms with Gasteiger partial charge in [-0.15, -0.1) is 5.10 Å². The van der Waals surface area contributed by atoms with E-state index in [1.807, 2.05) is 6.07 Å². The first-order valence-corrected chi connectivity index (χ1v) is 8.21. The first kappa shape index (κ1) is 16.3. The highest BCUT2D eigenvalue weighted by Gasteiger charge is 2.27. The minimum absolute atomic E-state index is 0.119. The van der Waals surface area contributed by atoms with Gasteiger partial charge in [0.1, 0.15) is 18.2 Å². The number of hydrogen-bond donors (Lipinski definition) is 0. The van der Waals surface area contributed by atoms with E-state index >= 15 is 0 Å². The number of nitrogens with zero attached hydrogens (tertiary/aromatic N) is 5. The van der Waals surface area contributed by atoms with Crippen LogP contribution in [0.1, 0.15) is 22.0 Å². The van der Waals surface area contributed by atoms with E-state index in [9.17, 15) is 9.18 Å². The number of tetrazole rings is 1. The van der Waals surface area contributed by atoms with E-state index in [1.54, 1.807) is 35.2 Å². The minimum atomic E-state index is -0.298. The molecule has 1 amide bonds. The summed E-state index contributed by atoms with van der Waals surface area (Å²) in [4.78, 5) is 14.8. The van der Waals surface area contributed by atoms with Gasteiger partial charge in [0.25, 0.3) is 5.91 Å². The fourth-order valence-corrected chi connectivity index (χ4v) is 3.01. The van der Waals surface area contributed by atoms with Gasteiger partial charge in [0.2, 0.25) is 0 Å². The summed E-state index contributed by atoms with van der Waals surface area (Å²) in [5.41, 5.74) is 1.98. The summed E-state index contributed by atoms with van der Waals surface area (Å²) in [6.07, 6.45) is 1.17. The molecule has 8 heteroatoms. The monoisotopic (exact) mass is 353 g/mol. The van der Waals surface area contributed by atoms with Crippen molar-refractivity contribution in [3.8, 4) is 5.69 Å². The van der Waals surface area contributed by atoms with Crippen LogP contribution in [0.15, 0.2) is 54.9 Å². The van der Waals surface area contributed by atoms with Crippen LogP contribution in [0, 0.1) is 5.82 Å². The van der Waals surface area contributed by atoms with E-state index in [2.05, 4.69) is 15.5 Å². The van der Waals surface area contributed by atoms with Crippen molar-refractivity contribution in [3.05, 3.63) is 71.8 Å². The SMILES string of the molecule is O=C(c1ccccc1-n1cnnn1)N1CCOC(c2ccc(F)cc2)C1. The summed E-state index contributed by atoms with van der Waals surface area (Å²) < 4.78 is 20.4. The maximum Gasteiger partial charge on any atom is 0.256 e. The maximum atomic E-state index is 13.1. The van der Waals surface area contributed by atoms with Crippen LogP contribution >= 0.6 is 0 Å². The number of aromatic nitrogens is 4. The lowest BCUT2D eigenvalue weighted by Gasteiger charge is -2.33. The Hall–Kier alpha value is -3.13. The Labute approximate surface area is 149 Å². The summed E-state index contributed by atoms with van der Waals surface area (Å²) >= 11 is 0. The molecule has 0 N–H and O–H groups in total. The number of carbonyl (C=O) groups is 1. The first-order chi connectivity index (χ1) is 12.7. The molecule has 0 aliphatic carbocycles. The number of benzene rings is 2. The highest BCUT2D eigenvalue weighted by Crippen LogP contribution is 2.24. The third-order valence-corrected chi connectivity index (χ3v) is 4.33. The quantitative estimate of drug-likeness (QED) is 0.720. The van der Waals surface area contributed by atoms with Gasteiger partial charge in [-0.1, -0.05) is 24.3 Å². The zero-order valence-electron chi connectivity index (χ0n) is 13.8. The van der Waals surface area contributed by atoms with Crippen LogP contribution < -0.4 is 0 Å². The average molecular weight is 353 g/mol. The molecule has 1 fully saturated rings. The number of carbonyl (C=O) groups excluding carboxylic acids is 1. The number of rotatable bonds is 3. The van der Waals surface area contributed by atoms with Crippen molar-refractivity contribution in [1.82, 2.24) is 25.1 Å². The molecule has 4 rings (SSSR count). The van der Waals surface area contributed by atoms with Crippen LogP contribution in [0.2, 0.25) is 0 Å². The zero-order chi connectivity index (χ0) is 17.9. The Kier molecular flexibility index (Phi) is 4.40. The van der Waals surface area contributed by atoms with Crippen LogP contribution in [-0.2, 0) is 4.74 Å². The molecule has 0 saturated carbocycles. The molecule has 1 unspecified atom stereocenters. The Morgan fingerprint density at radius 3 is 2.73 bits per heavy atom. The Morgan fingerprint density at radius 1 is 1.15 bits per heavy atom. The number of ether oxygens (including phenoxy) is 1. The van der Waals surface area contributed by atoms with Crippen LogP contribution in [0.5, 0.6) is 0 Å². The van der Waals surface area contributed by atoms with Gasteiger partial charge >= 0.3 is 0 Å². The molecule has 132 valence electrons. The first-order valence-electron chi connectivity index (χ1n) is 8.21. The highest BCUT2D eigenvalue weighted by atomic mass is 19.1. The van der Waals surface area contributed by atoms with Gasteiger partial charge in [-0.2, -0.15) is 4.68 Å². The predicted molar refractivity (Wildman–Crippen MR) is 90.2 cm³/mol. The average Bonchev–Trinajstić information content (AvgIpc) is 3.23. The van der Waals surface area contributed by atoms with E-state index in [1.165, 1.54) is 23.1 Å². The van der Waals surface area contributed by atoms with Gasteiger partial charge in [-0.3, -0.25) is 4.79 Å². The fraction of sp³-hybridized carbons (Fsp3) is 0.222. The van der Waals surface area contributed by atoms with Crippen LogP contribution in [0.3, 0.4) is 0 Å². The number of para-hydroxylation sites is 1. The topological polar surface area (TPSA) is 73.1 Å². The summed E-state index contributed by atoms with van der Waals surface area (Å²) in [7, 11) is 0. The maximum absolute atomic E-state index is 13.1. The van der Waals surface area contributed by atoms with Gasteiger partial charge in [0.05, 0.1) is 24.4 Å². The Bertz CT molecular complexity index is 898. The van der Waals surface area contributed by atoms with Crippen molar-refractivity contribution in [1.29, 1.82) is 0 Å². The molecule has 0 spiro atoms. The normalized spacial score (nSPS) is 17.3. The van der Waals surface area contributed by atoms with Gasteiger partial charge in [0, 0.05) is 6.54 Å². The summed E-state index contributed by atoms with van der Waals surface area (Å²) in [5, 5.41) is 11.1. The van der Waals surface area contributed by atoms with Crippen LogP contribution in [-0.4, -0.2) is 50.7 Å². The third-order valence-electron chi connectivity index (χ3n) is 4.33. The molecule has 3 aromatic rings. The molecule has 1 aliphatic rings. The van der Waals surface area contributed by atoms with Gasteiger partial charge in [0.15, 0.2) is 0 Å². The van der Waals surface area contributed by atoms with E-state index in [-0.39, 0.29) is 17.8 Å². The number of amides is 1. The van der Waals surface area contributed by atoms with Crippen molar-refractivity contribution in [2.24, 2.45) is 0 Å². The van der Waals surface area contributed by atoms with Crippen molar-refractivity contribution in [3.63, 3.8) is 0 Å². The Balaban J connectivity index is 1.58. The Morgan fingerprint density at radius 2 is 1.96 bits per heavy atom. The predicted octanol–water partition coefficient (Wildman–Crippen LogP) is 2.02. The number of morpholine rings is 1.